The van der Waals surface area contributed by atoms with Gasteiger partial charge in [-0.3, -0.25) is 9.80 Å². The van der Waals surface area contributed by atoms with E-state index in [2.05, 4.69) is 56.7 Å². The first-order chi connectivity index (χ1) is 36.1. The summed E-state index contributed by atoms with van der Waals surface area (Å²) in [6.07, 6.45) is -4.54. The molecule has 4 saturated heterocycles. The fourth-order valence-electron chi connectivity index (χ4n) is 10.8. The number of hydrogen-bond acceptors (Lipinski definition) is 10. The van der Waals surface area contributed by atoms with E-state index in [9.17, 15) is 35.9 Å². The molecule has 4 atom stereocenters. The molecule has 4 aliphatic heterocycles. The predicted octanol–water partition coefficient (Wildman–Crippen LogP) is 13.7. The number of benzene rings is 3. The molecule has 2 amide bonds. The molecule has 9 rings (SSSR count). The van der Waals surface area contributed by atoms with Gasteiger partial charge in [-0.05, 0) is 143 Å². The van der Waals surface area contributed by atoms with Gasteiger partial charge in [-0.2, -0.15) is 26.3 Å². The lowest BCUT2D eigenvalue weighted by Gasteiger charge is -2.36. The predicted molar refractivity (Wildman–Crippen MR) is 281 cm³/mol. The topological polar surface area (TPSA) is 110 Å². The number of cyclic esters (lactones) is 2. The third-order valence-electron chi connectivity index (χ3n) is 14.7. The van der Waals surface area contributed by atoms with Crippen molar-refractivity contribution in [1.82, 2.24) is 19.8 Å². The van der Waals surface area contributed by atoms with E-state index in [1.54, 1.807) is 48.9 Å². The van der Waals surface area contributed by atoms with Gasteiger partial charge < -0.3 is 28.7 Å². The van der Waals surface area contributed by atoms with E-state index >= 15 is 0 Å². The number of aryl methyl sites for hydroxylation is 3. The van der Waals surface area contributed by atoms with Crippen LogP contribution in [-0.2, 0) is 44.4 Å². The minimum Gasteiger partial charge on any atom is -0.439 e. The smallest absolute Gasteiger partial charge is 0.416 e. The van der Waals surface area contributed by atoms with E-state index < -0.39 is 60.0 Å². The van der Waals surface area contributed by atoms with Crippen molar-refractivity contribution in [3.05, 3.63) is 140 Å². The molecule has 4 aliphatic rings. The Morgan fingerprint density at radius 1 is 0.592 bits per heavy atom. The summed E-state index contributed by atoms with van der Waals surface area (Å²) in [5.41, 5.74) is 4.89. The molecular formula is C57H65BrF6N6O6. The summed E-state index contributed by atoms with van der Waals surface area (Å²) in [6, 6.07) is 19.4. The Morgan fingerprint density at radius 3 is 1.47 bits per heavy atom. The van der Waals surface area contributed by atoms with Crippen molar-refractivity contribution in [2.24, 2.45) is 0 Å². The number of carbonyl (C=O) groups is 2. The lowest BCUT2D eigenvalue weighted by Crippen LogP contribution is -2.41. The number of pyridine rings is 2. The maximum atomic E-state index is 13.5. The van der Waals surface area contributed by atoms with Gasteiger partial charge in [0, 0.05) is 85.2 Å². The molecule has 76 heavy (non-hydrogen) atoms. The average molecular weight is 1120 g/mol. The van der Waals surface area contributed by atoms with E-state index in [1.165, 1.54) is 0 Å². The highest BCUT2D eigenvalue weighted by molar-refractivity contribution is 9.10. The maximum Gasteiger partial charge on any atom is 0.416 e. The van der Waals surface area contributed by atoms with Crippen LogP contribution in [-0.4, -0.2) is 95.6 Å². The van der Waals surface area contributed by atoms with Crippen LogP contribution in [0.1, 0.15) is 116 Å². The lowest BCUT2D eigenvalue weighted by molar-refractivity contribution is -0.138. The molecule has 0 radical (unpaired) electrons. The molecule has 0 saturated carbocycles. The Bertz CT molecular complexity index is 2860. The summed E-state index contributed by atoms with van der Waals surface area (Å²) in [4.78, 5) is 43.4. The van der Waals surface area contributed by atoms with Crippen molar-refractivity contribution < 1.29 is 54.9 Å². The second kappa shape index (κ2) is 23.8. The molecule has 6 heterocycles. The number of carbonyl (C=O) groups excluding carboxylic acids is 2. The number of hydrogen-bond donors (Lipinski definition) is 0. The normalized spacial score (nSPS) is 20.6. The van der Waals surface area contributed by atoms with Gasteiger partial charge in [0.25, 0.3) is 0 Å². The molecule has 3 aromatic carbocycles. The van der Waals surface area contributed by atoms with Crippen LogP contribution >= 0.6 is 15.9 Å². The van der Waals surface area contributed by atoms with Crippen LogP contribution in [0.4, 0.5) is 47.6 Å². The Kier molecular flexibility index (Phi) is 17.6. The highest BCUT2D eigenvalue weighted by Gasteiger charge is 2.44. The molecule has 12 nitrogen and oxygen atoms in total. The number of rotatable bonds is 13. The number of aromatic nitrogens is 2. The first-order valence-electron chi connectivity index (χ1n) is 25.8. The van der Waals surface area contributed by atoms with E-state index in [0.29, 0.717) is 48.7 Å². The third-order valence-corrected chi connectivity index (χ3v) is 15.1. The van der Waals surface area contributed by atoms with E-state index in [-0.39, 0.29) is 25.2 Å². The van der Waals surface area contributed by atoms with Crippen molar-refractivity contribution in [1.29, 1.82) is 0 Å². The van der Waals surface area contributed by atoms with Crippen molar-refractivity contribution in [2.45, 2.75) is 136 Å². The fourth-order valence-corrected chi connectivity index (χ4v) is 11.2. The fraction of sp³-hybridized carbons (Fsp3) is 0.474. The van der Waals surface area contributed by atoms with Crippen LogP contribution in [0.2, 0.25) is 0 Å². The van der Waals surface area contributed by atoms with Crippen LogP contribution in [0.25, 0.3) is 11.1 Å². The Morgan fingerprint density at radius 2 is 1.04 bits per heavy atom. The SMILES string of the molecule is CCN(c1ncc(-c2cccc(C)c2)cc1CN1C(=O)O[C@H](c2cc(C)cc(C(F)(F)F)c2)[C@@H]1C)C1CCOCC1.CCN(c1ncc(Br)cc1CN1C(=O)O[C@H](c2cc(C)cc(C(F)(F)F)c2)[C@@H]1C)C1CCOCC1. The molecule has 0 N–H and O–H groups in total. The Labute approximate surface area is 448 Å². The number of ether oxygens (including phenoxy) is 4. The average Bonchev–Trinajstić information content (AvgIpc) is 3.83. The highest BCUT2D eigenvalue weighted by atomic mass is 79.9. The quantitative estimate of drug-likeness (QED) is 0.106. The van der Waals surface area contributed by atoms with Crippen LogP contribution in [0, 0.1) is 20.8 Å². The standard InChI is InChI=1S/C32H36F3N3O3.C25H29BrF3N3O3/c1-5-37(28-9-11-40-12-10-28)30-26(16-25(18-36-30)23-8-6-7-20(2)13-23)19-38-22(4)29(41-31(38)39)24-14-21(3)15-27(17-24)32(33,34)35;1-4-31(21-5-7-34-8-6-21)23-18(12-20(26)13-30-23)14-32-16(3)22(35-24(32)33)17-9-15(2)10-19(11-17)25(27,28)29/h6-8,13-18,22,28-29H,5,9-12,19H2,1-4H3;9-13,16,21-22H,4-8,14H2,1-3H3/t22-,29-;16-,22-/m00/s1. The van der Waals surface area contributed by atoms with Gasteiger partial charge in [-0.15, -0.1) is 0 Å². The number of nitrogens with zero attached hydrogens (tertiary/aromatic N) is 6. The zero-order valence-corrected chi connectivity index (χ0v) is 45.4. The Balaban J connectivity index is 0.000000204. The molecule has 5 aromatic rings. The summed E-state index contributed by atoms with van der Waals surface area (Å²) >= 11 is 3.48. The molecule has 0 spiro atoms. The summed E-state index contributed by atoms with van der Waals surface area (Å²) < 4.78 is 104. The molecule has 408 valence electrons. The Hall–Kier alpha value is -5.92. The molecular weight excluding hydrogens is 1060 g/mol. The van der Waals surface area contributed by atoms with Gasteiger partial charge in [-0.25, -0.2) is 19.6 Å². The minimum atomic E-state index is -4.49. The molecule has 4 fully saturated rings. The van der Waals surface area contributed by atoms with Crippen LogP contribution < -0.4 is 9.80 Å². The zero-order chi connectivity index (χ0) is 54.6. The van der Waals surface area contributed by atoms with E-state index in [0.717, 1.165) is 107 Å². The summed E-state index contributed by atoms with van der Waals surface area (Å²) in [5, 5.41) is 0. The maximum absolute atomic E-state index is 13.5. The lowest BCUT2D eigenvalue weighted by atomic mass is 9.97. The molecule has 2 aromatic heterocycles. The molecule has 19 heteroatoms. The van der Waals surface area contributed by atoms with Crippen LogP contribution in [0.5, 0.6) is 0 Å². The summed E-state index contributed by atoms with van der Waals surface area (Å²) in [5.74, 6) is 1.59. The zero-order valence-electron chi connectivity index (χ0n) is 43.8. The third kappa shape index (κ3) is 12.9. The number of anilines is 2. The number of amides is 2. The van der Waals surface area contributed by atoms with Crippen LogP contribution in [0.3, 0.4) is 0 Å². The first kappa shape index (κ1) is 56.3. The van der Waals surface area contributed by atoms with Crippen molar-refractivity contribution >= 4 is 39.8 Å². The van der Waals surface area contributed by atoms with Gasteiger partial charge in [0.05, 0.1) is 36.3 Å². The largest absolute Gasteiger partial charge is 0.439 e. The summed E-state index contributed by atoms with van der Waals surface area (Å²) in [7, 11) is 0. The second-order valence-corrected chi connectivity index (χ2v) is 21.0. The van der Waals surface area contributed by atoms with Crippen molar-refractivity contribution in [3.63, 3.8) is 0 Å². The molecule has 0 unspecified atom stereocenters. The number of alkyl halides is 6. The van der Waals surface area contributed by atoms with Gasteiger partial charge >= 0.3 is 24.5 Å². The van der Waals surface area contributed by atoms with Crippen LogP contribution in [0.15, 0.2) is 89.7 Å². The highest BCUT2D eigenvalue weighted by Crippen LogP contribution is 2.41. The van der Waals surface area contributed by atoms with Gasteiger partial charge in [0.1, 0.15) is 23.8 Å². The van der Waals surface area contributed by atoms with Crippen molar-refractivity contribution in [3.8, 4) is 11.1 Å². The second-order valence-electron chi connectivity index (χ2n) is 20.1. The monoisotopic (exact) mass is 1120 g/mol. The van der Waals surface area contributed by atoms with E-state index in [1.807, 2.05) is 44.3 Å². The van der Waals surface area contributed by atoms with Crippen molar-refractivity contribution in [2.75, 3.05) is 49.3 Å². The summed E-state index contributed by atoms with van der Waals surface area (Å²) in [6.45, 7) is 17.7. The van der Waals surface area contributed by atoms with E-state index in [4.69, 9.17) is 23.9 Å². The first-order valence-corrected chi connectivity index (χ1v) is 26.6. The number of halogens is 7. The molecule has 0 bridgehead atoms. The van der Waals surface area contributed by atoms with Gasteiger partial charge in [-0.1, -0.05) is 53.1 Å². The minimum absolute atomic E-state index is 0.218. The van der Waals surface area contributed by atoms with Gasteiger partial charge in [0.15, 0.2) is 0 Å². The van der Waals surface area contributed by atoms with Gasteiger partial charge in [0.2, 0.25) is 0 Å². The molecule has 0 aliphatic carbocycles.